The third-order valence-electron chi connectivity index (χ3n) is 3.49. The summed E-state index contributed by atoms with van der Waals surface area (Å²) in [6, 6.07) is 13.1. The molecule has 0 radical (unpaired) electrons. The summed E-state index contributed by atoms with van der Waals surface area (Å²) in [5, 5.41) is 4.80. The SMILES string of the molecule is COC(=O)C[C@@H](NC(=O)OC(C)(C)C)c1cccc2ccccc12. The summed E-state index contributed by atoms with van der Waals surface area (Å²) in [7, 11) is 1.33. The second kappa shape index (κ2) is 7.34. The van der Waals surface area contributed by atoms with Gasteiger partial charge >= 0.3 is 12.1 Å². The summed E-state index contributed by atoms with van der Waals surface area (Å²) in [6.07, 6.45) is -0.534. The molecule has 0 heterocycles. The van der Waals surface area contributed by atoms with E-state index < -0.39 is 23.7 Å². The molecular formula is C19H23NO4. The first kappa shape index (κ1) is 17.8. The van der Waals surface area contributed by atoms with Gasteiger partial charge in [0, 0.05) is 0 Å². The van der Waals surface area contributed by atoms with Crippen LogP contribution in [0.1, 0.15) is 38.8 Å². The second-order valence-electron chi connectivity index (χ2n) is 6.55. The molecule has 1 atom stereocenters. The highest BCUT2D eigenvalue weighted by molar-refractivity contribution is 5.87. The Bertz CT molecular complexity index is 728. The molecule has 0 fully saturated rings. The maximum Gasteiger partial charge on any atom is 0.408 e. The predicted octanol–water partition coefficient (Wildman–Crippen LogP) is 3.97. The molecule has 2 rings (SSSR count). The molecule has 128 valence electrons. The molecule has 0 spiro atoms. The third-order valence-corrected chi connectivity index (χ3v) is 3.49. The van der Waals surface area contributed by atoms with Gasteiger partial charge in [0.2, 0.25) is 0 Å². The molecule has 2 aromatic carbocycles. The number of hydrogen-bond donors (Lipinski definition) is 1. The molecule has 5 nitrogen and oxygen atoms in total. The van der Waals surface area contributed by atoms with Crippen LogP contribution in [0.25, 0.3) is 10.8 Å². The Hall–Kier alpha value is -2.56. The fraction of sp³-hybridized carbons (Fsp3) is 0.368. The Morgan fingerprint density at radius 3 is 2.42 bits per heavy atom. The van der Waals surface area contributed by atoms with Crippen LogP contribution < -0.4 is 5.32 Å². The average Bonchev–Trinajstić information content (AvgIpc) is 2.51. The molecule has 0 aliphatic carbocycles. The van der Waals surface area contributed by atoms with Gasteiger partial charge in [-0.25, -0.2) is 4.79 Å². The van der Waals surface area contributed by atoms with Crippen LogP contribution in [0.4, 0.5) is 4.79 Å². The number of hydrogen-bond acceptors (Lipinski definition) is 4. The number of benzene rings is 2. The van der Waals surface area contributed by atoms with Crippen molar-refractivity contribution in [2.75, 3.05) is 7.11 Å². The minimum absolute atomic E-state index is 0.0315. The lowest BCUT2D eigenvalue weighted by atomic mass is 9.97. The lowest BCUT2D eigenvalue weighted by Gasteiger charge is -2.24. The third kappa shape index (κ3) is 4.72. The summed E-state index contributed by atoms with van der Waals surface area (Å²) in [6.45, 7) is 5.37. The zero-order valence-electron chi connectivity index (χ0n) is 14.5. The minimum atomic E-state index is -0.612. The molecule has 0 unspecified atom stereocenters. The molecule has 0 saturated heterocycles. The van der Waals surface area contributed by atoms with Crippen molar-refractivity contribution in [1.29, 1.82) is 0 Å². The summed E-state index contributed by atoms with van der Waals surface area (Å²) in [4.78, 5) is 23.9. The molecule has 2 aromatic rings. The highest BCUT2D eigenvalue weighted by Crippen LogP contribution is 2.27. The minimum Gasteiger partial charge on any atom is -0.469 e. The van der Waals surface area contributed by atoms with E-state index in [2.05, 4.69) is 5.32 Å². The number of nitrogens with one attached hydrogen (secondary N) is 1. The number of fused-ring (bicyclic) bond motifs is 1. The molecule has 1 amide bonds. The maximum atomic E-state index is 12.2. The van der Waals surface area contributed by atoms with E-state index in [9.17, 15) is 9.59 Å². The molecule has 0 aromatic heterocycles. The average molecular weight is 329 g/mol. The van der Waals surface area contributed by atoms with E-state index in [1.54, 1.807) is 20.8 Å². The monoisotopic (exact) mass is 329 g/mol. The molecule has 5 heteroatoms. The smallest absolute Gasteiger partial charge is 0.408 e. The standard InChI is InChI=1S/C19H23NO4/c1-19(2,3)24-18(22)20-16(12-17(21)23-4)15-11-7-9-13-8-5-6-10-14(13)15/h5-11,16H,12H2,1-4H3,(H,20,22)/t16-/m1/s1. The van der Waals surface area contributed by atoms with Crippen LogP contribution in [0.15, 0.2) is 42.5 Å². The molecule has 24 heavy (non-hydrogen) atoms. The van der Waals surface area contributed by atoms with E-state index in [1.807, 2.05) is 42.5 Å². The van der Waals surface area contributed by atoms with Gasteiger partial charge in [-0.05, 0) is 37.1 Å². The maximum absolute atomic E-state index is 12.2. The van der Waals surface area contributed by atoms with Crippen LogP contribution >= 0.6 is 0 Å². The zero-order chi connectivity index (χ0) is 17.7. The Balaban J connectivity index is 2.34. The fourth-order valence-electron chi connectivity index (χ4n) is 2.49. The van der Waals surface area contributed by atoms with Crippen LogP contribution in [0.2, 0.25) is 0 Å². The first-order chi connectivity index (χ1) is 11.3. The summed E-state index contributed by atoms with van der Waals surface area (Å²) >= 11 is 0. The van der Waals surface area contributed by atoms with Gasteiger partial charge in [-0.3, -0.25) is 4.79 Å². The van der Waals surface area contributed by atoms with Crippen molar-refractivity contribution >= 4 is 22.8 Å². The van der Waals surface area contributed by atoms with Gasteiger partial charge in [-0.15, -0.1) is 0 Å². The molecule has 0 saturated carbocycles. The number of esters is 1. The van der Waals surface area contributed by atoms with Gasteiger partial charge in [-0.1, -0.05) is 42.5 Å². The normalized spacial score (nSPS) is 12.5. The number of ether oxygens (including phenoxy) is 2. The molecule has 0 bridgehead atoms. The van der Waals surface area contributed by atoms with Crippen molar-refractivity contribution < 1.29 is 19.1 Å². The van der Waals surface area contributed by atoms with Gasteiger partial charge in [0.1, 0.15) is 5.60 Å². The van der Waals surface area contributed by atoms with Gasteiger partial charge in [-0.2, -0.15) is 0 Å². The number of rotatable bonds is 4. The number of alkyl carbamates (subject to hydrolysis) is 1. The Kier molecular flexibility index (Phi) is 5.44. The summed E-state index contributed by atoms with van der Waals surface area (Å²) in [5.74, 6) is -0.399. The van der Waals surface area contributed by atoms with Crippen molar-refractivity contribution in [1.82, 2.24) is 5.32 Å². The van der Waals surface area contributed by atoms with Crippen LogP contribution in [0.3, 0.4) is 0 Å². The number of carbonyl (C=O) groups excluding carboxylic acids is 2. The van der Waals surface area contributed by atoms with Gasteiger partial charge in [0.15, 0.2) is 0 Å². The van der Waals surface area contributed by atoms with E-state index in [1.165, 1.54) is 7.11 Å². The van der Waals surface area contributed by atoms with Crippen LogP contribution in [-0.4, -0.2) is 24.8 Å². The van der Waals surface area contributed by atoms with Gasteiger partial charge < -0.3 is 14.8 Å². The van der Waals surface area contributed by atoms with E-state index in [4.69, 9.17) is 9.47 Å². The van der Waals surface area contributed by atoms with E-state index in [0.29, 0.717) is 0 Å². The highest BCUT2D eigenvalue weighted by atomic mass is 16.6. The molecule has 1 N–H and O–H groups in total. The van der Waals surface area contributed by atoms with Crippen molar-refractivity contribution in [3.63, 3.8) is 0 Å². The Labute approximate surface area is 141 Å². The van der Waals surface area contributed by atoms with Crippen LogP contribution in [-0.2, 0) is 14.3 Å². The van der Waals surface area contributed by atoms with Gasteiger partial charge in [0.05, 0.1) is 19.6 Å². The summed E-state index contributed by atoms with van der Waals surface area (Å²) in [5.41, 5.74) is 0.239. The topological polar surface area (TPSA) is 64.6 Å². The number of amides is 1. The second-order valence-corrected chi connectivity index (χ2v) is 6.55. The molecular weight excluding hydrogens is 306 g/mol. The van der Waals surface area contributed by atoms with E-state index in [0.717, 1.165) is 16.3 Å². The van der Waals surface area contributed by atoms with Crippen molar-refractivity contribution in [2.24, 2.45) is 0 Å². The zero-order valence-corrected chi connectivity index (χ0v) is 14.5. The lowest BCUT2D eigenvalue weighted by molar-refractivity contribution is -0.141. The van der Waals surface area contributed by atoms with Crippen LogP contribution in [0.5, 0.6) is 0 Å². The lowest BCUT2D eigenvalue weighted by Crippen LogP contribution is -2.36. The number of carbonyl (C=O) groups is 2. The largest absolute Gasteiger partial charge is 0.469 e. The number of methoxy groups -OCH3 is 1. The molecule has 0 aliphatic heterocycles. The quantitative estimate of drug-likeness (QED) is 0.862. The van der Waals surface area contributed by atoms with E-state index in [-0.39, 0.29) is 6.42 Å². The van der Waals surface area contributed by atoms with E-state index >= 15 is 0 Å². The first-order valence-electron chi connectivity index (χ1n) is 7.84. The van der Waals surface area contributed by atoms with Crippen molar-refractivity contribution in [3.05, 3.63) is 48.0 Å². The fourth-order valence-corrected chi connectivity index (χ4v) is 2.49. The molecule has 0 aliphatic rings. The van der Waals surface area contributed by atoms with Crippen LogP contribution in [0, 0.1) is 0 Å². The van der Waals surface area contributed by atoms with Gasteiger partial charge in [0.25, 0.3) is 0 Å². The first-order valence-corrected chi connectivity index (χ1v) is 7.84. The Morgan fingerprint density at radius 2 is 1.75 bits per heavy atom. The highest BCUT2D eigenvalue weighted by Gasteiger charge is 2.24. The Morgan fingerprint density at radius 1 is 1.08 bits per heavy atom. The van der Waals surface area contributed by atoms with Crippen molar-refractivity contribution in [2.45, 2.75) is 38.8 Å². The predicted molar refractivity (Wildman–Crippen MR) is 92.7 cm³/mol. The summed E-state index contributed by atoms with van der Waals surface area (Å²) < 4.78 is 10.1. The van der Waals surface area contributed by atoms with Crippen molar-refractivity contribution in [3.8, 4) is 0 Å².